The number of nitrogens with zero attached hydrogens (tertiary/aromatic N) is 1. The monoisotopic (exact) mass is 367 g/mol. The summed E-state index contributed by atoms with van der Waals surface area (Å²) in [4.78, 5) is 25.9. The highest BCUT2D eigenvalue weighted by Gasteiger charge is 2.16. The first-order valence-electron chi connectivity index (χ1n) is 9.59. The Balaban J connectivity index is 1.96. The molecule has 0 N–H and O–H groups in total. The number of carbonyl (C=O) groups is 2. The van der Waals surface area contributed by atoms with Gasteiger partial charge in [-0.3, -0.25) is 9.59 Å². The summed E-state index contributed by atoms with van der Waals surface area (Å²) in [7, 11) is 1.63. The van der Waals surface area contributed by atoms with Gasteiger partial charge in [0.15, 0.2) is 0 Å². The van der Waals surface area contributed by atoms with Crippen molar-refractivity contribution in [1.29, 1.82) is 0 Å². The van der Waals surface area contributed by atoms with E-state index in [0.29, 0.717) is 11.5 Å². The van der Waals surface area contributed by atoms with Gasteiger partial charge in [-0.05, 0) is 17.9 Å². The summed E-state index contributed by atoms with van der Waals surface area (Å²) in [5.74, 6) is -0.464. The standard InChI is InChI=1S/C20H33NO3S/c1-3-4-5-6-7-8-9-10-11-12-15-24-19(22)17-21(2)20(23)18-14-13-16-25-18/h13-14,16H,3-12,15,17H2,1-2H3. The molecule has 0 saturated carbocycles. The van der Waals surface area contributed by atoms with Gasteiger partial charge in [0.05, 0.1) is 11.5 Å². The van der Waals surface area contributed by atoms with Gasteiger partial charge in [0.2, 0.25) is 0 Å². The minimum atomic E-state index is -0.330. The van der Waals surface area contributed by atoms with E-state index in [4.69, 9.17) is 4.74 Å². The van der Waals surface area contributed by atoms with Crippen LogP contribution in [-0.4, -0.2) is 37.0 Å². The second kappa shape index (κ2) is 13.9. The molecule has 0 fully saturated rings. The van der Waals surface area contributed by atoms with E-state index >= 15 is 0 Å². The molecule has 0 aromatic carbocycles. The Bertz CT molecular complexity index is 473. The number of carbonyl (C=O) groups excluding carboxylic acids is 2. The van der Waals surface area contributed by atoms with Crippen LogP contribution >= 0.6 is 11.3 Å². The fourth-order valence-corrected chi connectivity index (χ4v) is 3.39. The van der Waals surface area contributed by atoms with Crippen molar-refractivity contribution in [2.24, 2.45) is 0 Å². The highest BCUT2D eigenvalue weighted by molar-refractivity contribution is 7.12. The lowest BCUT2D eigenvalue weighted by atomic mass is 10.1. The van der Waals surface area contributed by atoms with Gasteiger partial charge in [-0.15, -0.1) is 11.3 Å². The number of hydrogen-bond acceptors (Lipinski definition) is 4. The summed E-state index contributed by atoms with van der Waals surface area (Å²) >= 11 is 1.38. The van der Waals surface area contributed by atoms with Gasteiger partial charge in [-0.1, -0.05) is 70.8 Å². The van der Waals surface area contributed by atoms with Crippen LogP contribution in [0.15, 0.2) is 17.5 Å². The summed E-state index contributed by atoms with van der Waals surface area (Å²) < 4.78 is 5.22. The van der Waals surface area contributed by atoms with Gasteiger partial charge in [-0.2, -0.15) is 0 Å². The summed E-state index contributed by atoms with van der Waals surface area (Å²) in [5, 5.41) is 1.85. The third kappa shape index (κ3) is 10.3. The van der Waals surface area contributed by atoms with Crippen LogP contribution < -0.4 is 0 Å². The lowest BCUT2D eigenvalue weighted by Crippen LogP contribution is -2.32. The third-order valence-electron chi connectivity index (χ3n) is 4.21. The van der Waals surface area contributed by atoms with Crippen LogP contribution in [0.1, 0.15) is 80.8 Å². The van der Waals surface area contributed by atoms with Crippen molar-refractivity contribution in [1.82, 2.24) is 4.90 Å². The molecular formula is C20H33NO3S. The van der Waals surface area contributed by atoms with Gasteiger partial charge in [0.25, 0.3) is 5.91 Å². The second-order valence-corrected chi connectivity index (χ2v) is 7.49. The zero-order valence-electron chi connectivity index (χ0n) is 15.8. The molecule has 0 aliphatic carbocycles. The number of unbranched alkanes of at least 4 members (excludes halogenated alkanes) is 9. The predicted octanol–water partition coefficient (Wildman–Crippen LogP) is 5.28. The van der Waals surface area contributed by atoms with E-state index < -0.39 is 0 Å². The van der Waals surface area contributed by atoms with E-state index in [0.717, 1.165) is 12.8 Å². The largest absolute Gasteiger partial charge is 0.464 e. The first-order chi connectivity index (χ1) is 12.1. The average Bonchev–Trinajstić information content (AvgIpc) is 3.13. The van der Waals surface area contributed by atoms with Crippen molar-refractivity contribution >= 4 is 23.2 Å². The van der Waals surface area contributed by atoms with E-state index in [1.165, 1.54) is 67.6 Å². The van der Waals surface area contributed by atoms with Crippen molar-refractivity contribution in [2.45, 2.75) is 71.1 Å². The van der Waals surface area contributed by atoms with Gasteiger partial charge in [0.1, 0.15) is 6.54 Å². The Hall–Kier alpha value is -1.36. The lowest BCUT2D eigenvalue weighted by Gasteiger charge is -2.15. The number of esters is 1. The molecule has 5 heteroatoms. The molecule has 1 aromatic rings. The fourth-order valence-electron chi connectivity index (χ4n) is 2.67. The molecule has 1 rings (SSSR count). The molecule has 1 heterocycles. The first kappa shape index (κ1) is 21.7. The molecule has 0 unspecified atom stereocenters. The maximum atomic E-state index is 12.0. The number of thiophene rings is 1. The maximum absolute atomic E-state index is 12.0. The molecule has 0 spiro atoms. The van der Waals surface area contributed by atoms with Gasteiger partial charge < -0.3 is 9.64 Å². The SMILES string of the molecule is CCCCCCCCCCCCOC(=O)CN(C)C(=O)c1cccs1. The Morgan fingerprint density at radius 3 is 2.16 bits per heavy atom. The number of likely N-dealkylation sites (N-methyl/N-ethyl adjacent to an activating group) is 1. The third-order valence-corrected chi connectivity index (χ3v) is 5.06. The topological polar surface area (TPSA) is 46.6 Å². The van der Waals surface area contributed by atoms with Crippen LogP contribution in [0.25, 0.3) is 0 Å². The Kier molecular flexibility index (Phi) is 12.0. The van der Waals surface area contributed by atoms with Crippen LogP contribution in [0.2, 0.25) is 0 Å². The summed E-state index contributed by atoms with van der Waals surface area (Å²) in [6.45, 7) is 2.71. The smallest absolute Gasteiger partial charge is 0.325 e. The Morgan fingerprint density at radius 1 is 1.00 bits per heavy atom. The molecule has 142 valence electrons. The number of rotatable bonds is 14. The molecule has 0 atom stereocenters. The minimum Gasteiger partial charge on any atom is -0.464 e. The Morgan fingerprint density at radius 2 is 1.60 bits per heavy atom. The van der Waals surface area contributed by atoms with Crippen molar-refractivity contribution < 1.29 is 14.3 Å². The molecule has 0 bridgehead atoms. The summed E-state index contributed by atoms with van der Waals surface area (Å²) in [6, 6.07) is 3.59. The molecular weight excluding hydrogens is 334 g/mol. The summed E-state index contributed by atoms with van der Waals surface area (Å²) in [5.41, 5.74) is 0. The van der Waals surface area contributed by atoms with Crippen molar-refractivity contribution in [3.63, 3.8) is 0 Å². The highest BCUT2D eigenvalue weighted by Crippen LogP contribution is 2.12. The summed E-state index contributed by atoms with van der Waals surface area (Å²) in [6.07, 6.45) is 12.6. The quantitative estimate of drug-likeness (QED) is 0.332. The fraction of sp³-hybridized carbons (Fsp3) is 0.700. The molecule has 25 heavy (non-hydrogen) atoms. The minimum absolute atomic E-state index is 0.00843. The van der Waals surface area contributed by atoms with Crippen molar-refractivity contribution in [3.8, 4) is 0 Å². The Labute approximate surface area is 156 Å². The molecule has 4 nitrogen and oxygen atoms in total. The van der Waals surface area contributed by atoms with Crippen LogP contribution in [0.4, 0.5) is 0 Å². The van der Waals surface area contributed by atoms with E-state index in [1.807, 2.05) is 11.4 Å². The molecule has 1 amide bonds. The van der Waals surface area contributed by atoms with Crippen molar-refractivity contribution in [2.75, 3.05) is 20.2 Å². The van der Waals surface area contributed by atoms with E-state index in [9.17, 15) is 9.59 Å². The zero-order chi connectivity index (χ0) is 18.3. The van der Waals surface area contributed by atoms with Crippen LogP contribution in [0.3, 0.4) is 0 Å². The zero-order valence-corrected chi connectivity index (χ0v) is 16.6. The van der Waals surface area contributed by atoms with Gasteiger partial charge >= 0.3 is 5.97 Å². The molecule has 0 aliphatic heterocycles. The van der Waals surface area contributed by atoms with Gasteiger partial charge in [0, 0.05) is 7.05 Å². The second-order valence-electron chi connectivity index (χ2n) is 6.54. The van der Waals surface area contributed by atoms with Crippen LogP contribution in [-0.2, 0) is 9.53 Å². The normalized spacial score (nSPS) is 10.6. The number of amides is 1. The maximum Gasteiger partial charge on any atom is 0.325 e. The number of ether oxygens (including phenoxy) is 1. The van der Waals surface area contributed by atoms with E-state index in [2.05, 4.69) is 6.92 Å². The van der Waals surface area contributed by atoms with Crippen LogP contribution in [0.5, 0.6) is 0 Å². The van der Waals surface area contributed by atoms with Crippen molar-refractivity contribution in [3.05, 3.63) is 22.4 Å². The average molecular weight is 368 g/mol. The molecule has 1 aromatic heterocycles. The van der Waals surface area contributed by atoms with E-state index in [-0.39, 0.29) is 18.4 Å². The predicted molar refractivity (Wildman–Crippen MR) is 104 cm³/mol. The van der Waals surface area contributed by atoms with E-state index in [1.54, 1.807) is 13.1 Å². The van der Waals surface area contributed by atoms with Crippen LogP contribution in [0, 0.1) is 0 Å². The van der Waals surface area contributed by atoms with Gasteiger partial charge in [-0.25, -0.2) is 0 Å². The first-order valence-corrected chi connectivity index (χ1v) is 10.5. The molecule has 0 saturated heterocycles. The molecule has 0 aliphatic rings. The highest BCUT2D eigenvalue weighted by atomic mass is 32.1. The molecule has 0 radical (unpaired) electrons. The lowest BCUT2D eigenvalue weighted by molar-refractivity contribution is -0.144. The number of hydrogen-bond donors (Lipinski definition) is 0.